The lowest BCUT2D eigenvalue weighted by Gasteiger charge is -2.12. The molecule has 0 amide bonds. The molecule has 0 bridgehead atoms. The van der Waals surface area contributed by atoms with Crippen molar-refractivity contribution in [1.29, 1.82) is 0 Å². The summed E-state index contributed by atoms with van der Waals surface area (Å²) >= 11 is 5.28. The molecule has 4 heteroatoms. The van der Waals surface area contributed by atoms with E-state index in [1.807, 2.05) is 43.3 Å². The minimum atomic E-state index is 0.0337. The van der Waals surface area contributed by atoms with Crippen molar-refractivity contribution in [2.24, 2.45) is 0 Å². The fourth-order valence-corrected chi connectivity index (χ4v) is 2.04. The number of para-hydroxylation sites is 1. The van der Waals surface area contributed by atoms with Crippen LogP contribution in [0.3, 0.4) is 0 Å². The first-order chi connectivity index (χ1) is 9.56. The van der Waals surface area contributed by atoms with E-state index in [9.17, 15) is 4.79 Å². The number of benzene rings is 2. The SMILES string of the molecule is CC(=O)c1cccc(NC(=S)Nc2ccccc2C)c1. The number of aryl methyl sites for hydroxylation is 1. The summed E-state index contributed by atoms with van der Waals surface area (Å²) in [5.41, 5.74) is 3.54. The number of thiocarbonyl (C=S) groups is 1. The predicted molar refractivity (Wildman–Crippen MR) is 87.5 cm³/mol. The van der Waals surface area contributed by atoms with E-state index in [4.69, 9.17) is 12.2 Å². The average Bonchev–Trinajstić information content (AvgIpc) is 2.41. The Balaban J connectivity index is 2.07. The van der Waals surface area contributed by atoms with Crippen molar-refractivity contribution >= 4 is 34.5 Å². The fraction of sp³-hybridized carbons (Fsp3) is 0.125. The van der Waals surface area contributed by atoms with Crippen molar-refractivity contribution in [3.05, 3.63) is 59.7 Å². The van der Waals surface area contributed by atoms with E-state index in [0.29, 0.717) is 10.7 Å². The molecule has 0 saturated heterocycles. The van der Waals surface area contributed by atoms with Crippen LogP contribution in [0.15, 0.2) is 48.5 Å². The molecule has 102 valence electrons. The Morgan fingerprint density at radius 2 is 1.80 bits per heavy atom. The molecule has 0 aromatic heterocycles. The first kappa shape index (κ1) is 14.2. The van der Waals surface area contributed by atoms with Crippen LogP contribution in [0.2, 0.25) is 0 Å². The van der Waals surface area contributed by atoms with Gasteiger partial charge in [-0.2, -0.15) is 0 Å². The van der Waals surface area contributed by atoms with Crippen molar-refractivity contribution in [2.75, 3.05) is 10.6 Å². The second-order valence-electron chi connectivity index (χ2n) is 4.53. The van der Waals surface area contributed by atoms with Gasteiger partial charge in [0, 0.05) is 16.9 Å². The Morgan fingerprint density at radius 1 is 1.05 bits per heavy atom. The molecule has 0 radical (unpaired) electrons. The second-order valence-corrected chi connectivity index (χ2v) is 4.94. The van der Waals surface area contributed by atoms with Gasteiger partial charge in [-0.1, -0.05) is 30.3 Å². The number of carbonyl (C=O) groups is 1. The molecule has 2 aromatic rings. The molecule has 2 N–H and O–H groups in total. The third kappa shape index (κ3) is 3.65. The Hall–Kier alpha value is -2.20. The summed E-state index contributed by atoms with van der Waals surface area (Å²) in [7, 11) is 0. The molecule has 20 heavy (non-hydrogen) atoms. The minimum Gasteiger partial charge on any atom is -0.332 e. The van der Waals surface area contributed by atoms with Crippen molar-refractivity contribution in [2.45, 2.75) is 13.8 Å². The van der Waals surface area contributed by atoms with E-state index < -0.39 is 0 Å². The standard InChI is InChI=1S/C16H16N2OS/c1-11-6-3-4-9-15(11)18-16(20)17-14-8-5-7-13(10-14)12(2)19/h3-10H,1-2H3,(H2,17,18,20). The molecule has 0 aliphatic heterocycles. The zero-order valence-electron chi connectivity index (χ0n) is 11.4. The summed E-state index contributed by atoms with van der Waals surface area (Å²) in [4.78, 5) is 11.3. The number of rotatable bonds is 3. The van der Waals surface area contributed by atoms with E-state index in [1.54, 1.807) is 19.1 Å². The van der Waals surface area contributed by atoms with Crippen LogP contribution in [-0.4, -0.2) is 10.9 Å². The fourth-order valence-electron chi connectivity index (χ4n) is 1.81. The number of nitrogens with one attached hydrogen (secondary N) is 2. The Labute approximate surface area is 124 Å². The monoisotopic (exact) mass is 284 g/mol. The maximum absolute atomic E-state index is 11.3. The first-order valence-corrected chi connectivity index (χ1v) is 6.72. The molecule has 0 aliphatic carbocycles. The molecule has 2 rings (SSSR count). The summed E-state index contributed by atoms with van der Waals surface area (Å²) in [5.74, 6) is 0.0337. The van der Waals surface area contributed by atoms with Gasteiger partial charge in [-0.3, -0.25) is 4.79 Å². The molecule has 2 aromatic carbocycles. The van der Waals surface area contributed by atoms with Crippen LogP contribution in [0.25, 0.3) is 0 Å². The third-order valence-corrected chi connectivity index (χ3v) is 3.12. The van der Waals surface area contributed by atoms with Crippen LogP contribution in [0.4, 0.5) is 11.4 Å². The molecule has 3 nitrogen and oxygen atoms in total. The van der Waals surface area contributed by atoms with Gasteiger partial charge in [0.2, 0.25) is 0 Å². The van der Waals surface area contributed by atoms with Crippen molar-refractivity contribution < 1.29 is 4.79 Å². The van der Waals surface area contributed by atoms with Crippen LogP contribution >= 0.6 is 12.2 Å². The van der Waals surface area contributed by atoms with Gasteiger partial charge in [-0.15, -0.1) is 0 Å². The molecule has 0 spiro atoms. The normalized spacial score (nSPS) is 9.90. The highest BCUT2D eigenvalue weighted by Gasteiger charge is 2.03. The van der Waals surface area contributed by atoms with E-state index >= 15 is 0 Å². The van der Waals surface area contributed by atoms with Crippen molar-refractivity contribution in [3.63, 3.8) is 0 Å². The van der Waals surface area contributed by atoms with E-state index in [2.05, 4.69) is 10.6 Å². The molecular weight excluding hydrogens is 268 g/mol. The number of ketones is 1. The zero-order valence-corrected chi connectivity index (χ0v) is 12.3. The molecule has 0 atom stereocenters. The number of Topliss-reactive ketones (excluding diaryl/α,β-unsaturated/α-hetero) is 1. The highest BCUT2D eigenvalue weighted by Crippen LogP contribution is 2.15. The van der Waals surface area contributed by atoms with E-state index in [0.717, 1.165) is 16.9 Å². The van der Waals surface area contributed by atoms with E-state index in [-0.39, 0.29) is 5.78 Å². The molecule has 0 heterocycles. The molecular formula is C16H16N2OS. The van der Waals surface area contributed by atoms with Crippen LogP contribution < -0.4 is 10.6 Å². The molecule has 0 fully saturated rings. The first-order valence-electron chi connectivity index (χ1n) is 6.31. The highest BCUT2D eigenvalue weighted by molar-refractivity contribution is 7.80. The van der Waals surface area contributed by atoms with Gasteiger partial charge in [0.15, 0.2) is 10.9 Å². The summed E-state index contributed by atoms with van der Waals surface area (Å²) in [6, 6.07) is 15.2. The maximum atomic E-state index is 11.3. The van der Waals surface area contributed by atoms with Crippen LogP contribution in [0, 0.1) is 6.92 Å². The zero-order chi connectivity index (χ0) is 14.5. The Bertz CT molecular complexity index is 652. The van der Waals surface area contributed by atoms with Gasteiger partial charge in [0.05, 0.1) is 0 Å². The lowest BCUT2D eigenvalue weighted by Crippen LogP contribution is -2.19. The largest absolute Gasteiger partial charge is 0.332 e. The lowest BCUT2D eigenvalue weighted by molar-refractivity contribution is 0.101. The summed E-state index contributed by atoms with van der Waals surface area (Å²) in [6.45, 7) is 3.56. The molecule has 0 unspecified atom stereocenters. The number of anilines is 2. The highest BCUT2D eigenvalue weighted by atomic mass is 32.1. The Morgan fingerprint density at radius 3 is 2.50 bits per heavy atom. The Kier molecular flexibility index (Phi) is 4.48. The van der Waals surface area contributed by atoms with Crippen LogP contribution in [0.1, 0.15) is 22.8 Å². The van der Waals surface area contributed by atoms with E-state index in [1.165, 1.54) is 0 Å². The second kappa shape index (κ2) is 6.30. The van der Waals surface area contributed by atoms with Gasteiger partial charge >= 0.3 is 0 Å². The van der Waals surface area contributed by atoms with Gasteiger partial charge in [-0.05, 0) is 49.8 Å². The van der Waals surface area contributed by atoms with Crippen molar-refractivity contribution in [1.82, 2.24) is 0 Å². The molecule has 0 saturated carbocycles. The minimum absolute atomic E-state index is 0.0337. The van der Waals surface area contributed by atoms with Gasteiger partial charge in [0.1, 0.15) is 0 Å². The molecule has 0 aliphatic rings. The number of hydrogen-bond acceptors (Lipinski definition) is 2. The van der Waals surface area contributed by atoms with Gasteiger partial charge in [0.25, 0.3) is 0 Å². The predicted octanol–water partition coefficient (Wildman–Crippen LogP) is 4.01. The van der Waals surface area contributed by atoms with Crippen LogP contribution in [0.5, 0.6) is 0 Å². The topological polar surface area (TPSA) is 41.1 Å². The van der Waals surface area contributed by atoms with Crippen molar-refractivity contribution in [3.8, 4) is 0 Å². The smallest absolute Gasteiger partial charge is 0.175 e. The summed E-state index contributed by atoms with van der Waals surface area (Å²) in [6.07, 6.45) is 0. The quantitative estimate of drug-likeness (QED) is 0.660. The van der Waals surface area contributed by atoms with Gasteiger partial charge < -0.3 is 10.6 Å². The van der Waals surface area contributed by atoms with Gasteiger partial charge in [-0.25, -0.2) is 0 Å². The lowest BCUT2D eigenvalue weighted by atomic mass is 10.1. The average molecular weight is 284 g/mol. The van der Waals surface area contributed by atoms with Crippen LogP contribution in [-0.2, 0) is 0 Å². The summed E-state index contributed by atoms with van der Waals surface area (Å²) < 4.78 is 0. The number of hydrogen-bond donors (Lipinski definition) is 2. The third-order valence-electron chi connectivity index (χ3n) is 2.92. The number of carbonyl (C=O) groups excluding carboxylic acids is 1. The summed E-state index contributed by atoms with van der Waals surface area (Å²) in [5, 5.41) is 6.72. The maximum Gasteiger partial charge on any atom is 0.175 e.